The summed E-state index contributed by atoms with van der Waals surface area (Å²) in [6.45, 7) is 4.93. The fraction of sp³-hybridized carbons (Fsp3) is 0.478. The fourth-order valence-corrected chi connectivity index (χ4v) is 4.58. The van der Waals surface area contributed by atoms with Gasteiger partial charge in [-0.15, -0.1) is 0 Å². The Labute approximate surface area is 182 Å². The first-order valence-corrected chi connectivity index (χ1v) is 11.0. The summed E-state index contributed by atoms with van der Waals surface area (Å²) in [5.74, 6) is 1.12. The van der Waals surface area contributed by atoms with Gasteiger partial charge in [0.15, 0.2) is 0 Å². The van der Waals surface area contributed by atoms with Gasteiger partial charge in [0.2, 0.25) is 0 Å². The molecule has 0 spiro atoms. The Hall–Kier alpha value is -3.16. The number of amides is 1. The van der Waals surface area contributed by atoms with Crippen LogP contribution in [-0.4, -0.2) is 48.0 Å². The highest BCUT2D eigenvalue weighted by Crippen LogP contribution is 2.31. The molecule has 2 unspecified atom stereocenters. The minimum Gasteiger partial charge on any atom is -0.362 e. The Morgan fingerprint density at radius 1 is 1.10 bits per heavy atom. The Balaban J connectivity index is 1.46. The van der Waals surface area contributed by atoms with Crippen molar-refractivity contribution in [2.45, 2.75) is 38.6 Å². The first-order chi connectivity index (χ1) is 15.0. The average Bonchev–Trinajstić information content (AvgIpc) is 2.81. The number of nitrogens with zero attached hydrogens (tertiary/aromatic N) is 4. The van der Waals surface area contributed by atoms with Crippen LogP contribution in [0.4, 0.5) is 17.2 Å². The predicted octanol–water partition coefficient (Wildman–Crippen LogP) is 3.62. The van der Waals surface area contributed by atoms with Crippen LogP contribution < -0.4 is 15.1 Å². The number of anilines is 2. The summed E-state index contributed by atoms with van der Waals surface area (Å²) in [5.41, 5.74) is 0.893. The number of hydrogen-bond donors (Lipinski definition) is 1. The summed E-state index contributed by atoms with van der Waals surface area (Å²) in [6, 6.07) is 10.8. The Bertz CT molecular complexity index is 928. The molecule has 8 nitrogen and oxygen atoms in total. The van der Waals surface area contributed by atoms with Gasteiger partial charge >= 0.3 is 0 Å². The molecule has 2 fully saturated rings. The van der Waals surface area contributed by atoms with E-state index in [-0.39, 0.29) is 22.6 Å². The van der Waals surface area contributed by atoms with E-state index in [4.69, 9.17) is 0 Å². The maximum atomic E-state index is 12.8. The molecule has 2 aliphatic rings. The van der Waals surface area contributed by atoms with Crippen molar-refractivity contribution in [1.29, 1.82) is 0 Å². The molecule has 164 valence electrons. The van der Waals surface area contributed by atoms with Crippen LogP contribution in [0.3, 0.4) is 0 Å². The van der Waals surface area contributed by atoms with Crippen LogP contribution >= 0.6 is 0 Å². The van der Waals surface area contributed by atoms with Gasteiger partial charge in [-0.05, 0) is 43.0 Å². The summed E-state index contributed by atoms with van der Waals surface area (Å²) in [5, 5.41) is 14.9. The zero-order valence-electron chi connectivity index (χ0n) is 17.9. The monoisotopic (exact) mass is 423 g/mol. The molecule has 0 radical (unpaired) electrons. The smallest absolute Gasteiger partial charge is 0.293 e. The molecule has 4 rings (SSSR count). The first kappa shape index (κ1) is 21.1. The summed E-state index contributed by atoms with van der Waals surface area (Å²) >= 11 is 0. The van der Waals surface area contributed by atoms with Gasteiger partial charge < -0.3 is 15.1 Å². The van der Waals surface area contributed by atoms with Crippen LogP contribution in [-0.2, 0) is 0 Å². The van der Waals surface area contributed by atoms with Gasteiger partial charge in [0.1, 0.15) is 11.5 Å². The third-order valence-corrected chi connectivity index (χ3v) is 6.46. The molecule has 8 heteroatoms. The minimum atomic E-state index is -0.388. The number of carbonyl (C=O) groups excluding carboxylic acids is 1. The third kappa shape index (κ3) is 4.78. The number of benzene rings is 1. The lowest BCUT2D eigenvalue weighted by atomic mass is 9.86. The van der Waals surface area contributed by atoms with Crippen molar-refractivity contribution in [2.24, 2.45) is 5.92 Å². The number of aromatic nitrogens is 1. The summed E-state index contributed by atoms with van der Waals surface area (Å²) < 4.78 is 0. The van der Waals surface area contributed by atoms with Crippen LogP contribution in [0.15, 0.2) is 42.6 Å². The van der Waals surface area contributed by atoms with Gasteiger partial charge in [0.05, 0.1) is 4.92 Å². The second kappa shape index (κ2) is 9.32. The van der Waals surface area contributed by atoms with E-state index >= 15 is 0 Å². The Morgan fingerprint density at radius 2 is 1.84 bits per heavy atom. The number of hydrogen-bond acceptors (Lipinski definition) is 6. The van der Waals surface area contributed by atoms with Gasteiger partial charge in [0.25, 0.3) is 11.6 Å². The number of nitrogens with one attached hydrogen (secondary N) is 1. The molecule has 1 aliphatic heterocycles. The molecular weight excluding hydrogens is 394 g/mol. The zero-order valence-corrected chi connectivity index (χ0v) is 17.9. The summed E-state index contributed by atoms with van der Waals surface area (Å²) in [7, 11) is 0. The zero-order chi connectivity index (χ0) is 21.8. The number of piperazine rings is 1. The van der Waals surface area contributed by atoms with Crippen molar-refractivity contribution < 1.29 is 9.72 Å². The van der Waals surface area contributed by atoms with Crippen molar-refractivity contribution in [2.75, 3.05) is 36.0 Å². The number of nitro benzene ring substituents is 1. The topological polar surface area (TPSA) is 91.6 Å². The number of nitro groups is 1. The Kier molecular flexibility index (Phi) is 6.34. The van der Waals surface area contributed by atoms with E-state index < -0.39 is 0 Å². The molecule has 0 bridgehead atoms. The highest BCUT2D eigenvalue weighted by Gasteiger charge is 2.27. The SMILES string of the molecule is CC1CCCCC1NC(=O)c1ccc(N2CCN(c3ccccn3)CC2)c([N+](=O)[O-])c1. The molecule has 1 saturated carbocycles. The number of carbonyl (C=O) groups is 1. The lowest BCUT2D eigenvalue weighted by Crippen LogP contribution is -2.47. The van der Waals surface area contributed by atoms with E-state index in [0.717, 1.165) is 38.2 Å². The van der Waals surface area contributed by atoms with E-state index in [9.17, 15) is 14.9 Å². The molecule has 1 aromatic carbocycles. The van der Waals surface area contributed by atoms with Crippen molar-refractivity contribution in [1.82, 2.24) is 10.3 Å². The van der Waals surface area contributed by atoms with Crippen LogP contribution in [0, 0.1) is 16.0 Å². The highest BCUT2D eigenvalue weighted by atomic mass is 16.6. The molecule has 1 aliphatic carbocycles. The van der Waals surface area contributed by atoms with E-state index in [1.807, 2.05) is 23.1 Å². The predicted molar refractivity (Wildman–Crippen MR) is 121 cm³/mol. The quantitative estimate of drug-likeness (QED) is 0.583. The molecule has 2 atom stereocenters. The molecule has 1 saturated heterocycles. The van der Waals surface area contributed by atoms with Crippen molar-refractivity contribution in [3.63, 3.8) is 0 Å². The molecule has 1 amide bonds. The van der Waals surface area contributed by atoms with E-state index in [1.165, 1.54) is 12.5 Å². The van der Waals surface area contributed by atoms with Crippen LogP contribution in [0.5, 0.6) is 0 Å². The lowest BCUT2D eigenvalue weighted by molar-refractivity contribution is -0.384. The maximum absolute atomic E-state index is 12.8. The second-order valence-electron chi connectivity index (χ2n) is 8.46. The van der Waals surface area contributed by atoms with Gasteiger partial charge in [-0.3, -0.25) is 14.9 Å². The number of pyridine rings is 1. The first-order valence-electron chi connectivity index (χ1n) is 11.0. The van der Waals surface area contributed by atoms with Crippen molar-refractivity contribution in [3.05, 3.63) is 58.3 Å². The van der Waals surface area contributed by atoms with Crippen LogP contribution in [0.25, 0.3) is 0 Å². The molecule has 1 aromatic heterocycles. The average molecular weight is 424 g/mol. The largest absolute Gasteiger partial charge is 0.362 e. The molecule has 2 heterocycles. The molecular formula is C23H29N5O3. The molecule has 2 aromatic rings. The maximum Gasteiger partial charge on any atom is 0.293 e. The second-order valence-corrected chi connectivity index (χ2v) is 8.46. The fourth-order valence-electron chi connectivity index (χ4n) is 4.58. The van der Waals surface area contributed by atoms with Crippen molar-refractivity contribution >= 4 is 23.1 Å². The third-order valence-electron chi connectivity index (χ3n) is 6.46. The summed E-state index contributed by atoms with van der Waals surface area (Å²) in [4.78, 5) is 32.7. The minimum absolute atomic E-state index is 0.0179. The van der Waals surface area contributed by atoms with E-state index in [1.54, 1.807) is 18.3 Å². The van der Waals surface area contributed by atoms with Gasteiger partial charge in [-0.1, -0.05) is 25.8 Å². The summed E-state index contributed by atoms with van der Waals surface area (Å²) in [6.07, 6.45) is 6.15. The van der Waals surface area contributed by atoms with E-state index in [0.29, 0.717) is 30.3 Å². The number of rotatable bonds is 5. The highest BCUT2D eigenvalue weighted by molar-refractivity contribution is 5.96. The van der Waals surface area contributed by atoms with E-state index in [2.05, 4.69) is 22.1 Å². The Morgan fingerprint density at radius 3 is 2.52 bits per heavy atom. The van der Waals surface area contributed by atoms with Gasteiger partial charge in [-0.25, -0.2) is 4.98 Å². The van der Waals surface area contributed by atoms with Crippen LogP contribution in [0.1, 0.15) is 43.0 Å². The molecule has 31 heavy (non-hydrogen) atoms. The molecule has 1 N–H and O–H groups in total. The van der Waals surface area contributed by atoms with Crippen molar-refractivity contribution in [3.8, 4) is 0 Å². The standard InChI is InChI=1S/C23H29N5O3/c1-17-6-2-3-7-19(17)25-23(29)18-9-10-20(21(16-18)28(30)31)26-12-14-27(15-13-26)22-8-4-5-11-24-22/h4-5,8-11,16-17,19H,2-3,6-7,12-15H2,1H3,(H,25,29). The lowest BCUT2D eigenvalue weighted by Gasteiger charge is -2.36. The van der Waals surface area contributed by atoms with Gasteiger partial charge in [-0.2, -0.15) is 0 Å². The van der Waals surface area contributed by atoms with Crippen LogP contribution in [0.2, 0.25) is 0 Å². The normalized spacial score (nSPS) is 21.6. The van der Waals surface area contributed by atoms with Gasteiger partial charge in [0, 0.05) is 50.0 Å².